The highest BCUT2D eigenvalue weighted by Crippen LogP contribution is 2.20. The molecule has 1 unspecified atom stereocenters. The standard InChI is InChI=1S/C22H26Cl2N2O2/c1-3-4-12-25-22(28)16(2)26(15-18-9-5-6-11-20(18)24)21(27)14-17-8-7-10-19(23)13-17/h5-11,13,16H,3-4,12,14-15H2,1-2H3,(H,25,28). The number of halogens is 2. The van der Waals surface area contributed by atoms with Gasteiger partial charge in [-0.25, -0.2) is 0 Å². The summed E-state index contributed by atoms with van der Waals surface area (Å²) in [5.74, 6) is -0.319. The molecule has 2 aromatic rings. The van der Waals surface area contributed by atoms with Gasteiger partial charge in [-0.05, 0) is 42.7 Å². The van der Waals surface area contributed by atoms with Crippen LogP contribution in [-0.4, -0.2) is 29.3 Å². The van der Waals surface area contributed by atoms with Crippen LogP contribution in [0.5, 0.6) is 0 Å². The average Bonchev–Trinajstić information content (AvgIpc) is 2.67. The van der Waals surface area contributed by atoms with Gasteiger partial charge >= 0.3 is 0 Å². The summed E-state index contributed by atoms with van der Waals surface area (Å²) in [7, 11) is 0. The Kier molecular flexibility index (Phi) is 8.81. The maximum absolute atomic E-state index is 13.1. The first kappa shape index (κ1) is 22.3. The van der Waals surface area contributed by atoms with Crippen molar-refractivity contribution in [2.45, 2.75) is 45.7 Å². The van der Waals surface area contributed by atoms with Gasteiger partial charge in [0.1, 0.15) is 6.04 Å². The van der Waals surface area contributed by atoms with Crippen molar-refractivity contribution in [3.05, 3.63) is 69.7 Å². The summed E-state index contributed by atoms with van der Waals surface area (Å²) in [5, 5.41) is 4.05. The number of nitrogens with one attached hydrogen (secondary N) is 1. The van der Waals surface area contributed by atoms with Gasteiger partial charge in [-0.1, -0.05) is 66.9 Å². The number of carbonyl (C=O) groups excluding carboxylic acids is 2. The van der Waals surface area contributed by atoms with Gasteiger partial charge in [0.25, 0.3) is 0 Å². The molecule has 0 aliphatic heterocycles. The predicted octanol–water partition coefficient (Wildman–Crippen LogP) is 4.87. The fraction of sp³-hybridized carbons (Fsp3) is 0.364. The highest BCUT2D eigenvalue weighted by atomic mass is 35.5. The molecule has 0 aromatic heterocycles. The second-order valence-electron chi connectivity index (χ2n) is 6.74. The van der Waals surface area contributed by atoms with Crippen LogP contribution in [0.4, 0.5) is 0 Å². The van der Waals surface area contributed by atoms with Crippen molar-refractivity contribution in [3.63, 3.8) is 0 Å². The SMILES string of the molecule is CCCCNC(=O)C(C)N(Cc1ccccc1Cl)C(=O)Cc1cccc(Cl)c1. The zero-order chi connectivity index (χ0) is 20.5. The zero-order valence-electron chi connectivity index (χ0n) is 16.3. The molecule has 1 atom stereocenters. The molecule has 0 bridgehead atoms. The van der Waals surface area contributed by atoms with Gasteiger partial charge in [-0.15, -0.1) is 0 Å². The summed E-state index contributed by atoms with van der Waals surface area (Å²) in [4.78, 5) is 27.2. The molecule has 2 aromatic carbocycles. The summed E-state index contributed by atoms with van der Waals surface area (Å²) >= 11 is 12.3. The van der Waals surface area contributed by atoms with Crippen molar-refractivity contribution in [3.8, 4) is 0 Å². The van der Waals surface area contributed by atoms with Crippen molar-refractivity contribution >= 4 is 35.0 Å². The lowest BCUT2D eigenvalue weighted by molar-refractivity contribution is -0.140. The Bertz CT molecular complexity index is 811. The van der Waals surface area contributed by atoms with E-state index in [1.54, 1.807) is 30.0 Å². The molecule has 2 rings (SSSR count). The van der Waals surface area contributed by atoms with Crippen molar-refractivity contribution in [1.29, 1.82) is 0 Å². The van der Waals surface area contributed by atoms with E-state index >= 15 is 0 Å². The predicted molar refractivity (Wildman–Crippen MR) is 115 cm³/mol. The van der Waals surface area contributed by atoms with Crippen LogP contribution in [0.2, 0.25) is 10.0 Å². The van der Waals surface area contributed by atoms with E-state index in [4.69, 9.17) is 23.2 Å². The Morgan fingerprint density at radius 3 is 2.54 bits per heavy atom. The summed E-state index contributed by atoms with van der Waals surface area (Å²) < 4.78 is 0. The molecule has 0 aliphatic rings. The maximum Gasteiger partial charge on any atom is 0.242 e. The number of benzene rings is 2. The molecule has 0 spiro atoms. The number of rotatable bonds is 9. The minimum atomic E-state index is -0.611. The third-order valence-corrected chi connectivity index (χ3v) is 5.14. The second kappa shape index (κ2) is 11.1. The monoisotopic (exact) mass is 420 g/mol. The molecule has 0 aliphatic carbocycles. The van der Waals surface area contributed by atoms with Crippen LogP contribution in [0.3, 0.4) is 0 Å². The van der Waals surface area contributed by atoms with Crippen LogP contribution in [0.1, 0.15) is 37.8 Å². The van der Waals surface area contributed by atoms with E-state index in [9.17, 15) is 9.59 Å². The first-order chi connectivity index (χ1) is 13.4. The van der Waals surface area contributed by atoms with Gasteiger partial charge in [0.05, 0.1) is 6.42 Å². The summed E-state index contributed by atoms with van der Waals surface area (Å²) in [6, 6.07) is 13.9. The molecule has 4 nitrogen and oxygen atoms in total. The van der Waals surface area contributed by atoms with Crippen molar-refractivity contribution in [1.82, 2.24) is 10.2 Å². The number of nitrogens with zero attached hydrogens (tertiary/aromatic N) is 1. The average molecular weight is 421 g/mol. The van der Waals surface area contributed by atoms with E-state index in [0.717, 1.165) is 24.0 Å². The Morgan fingerprint density at radius 1 is 1.11 bits per heavy atom. The number of hydrogen-bond acceptors (Lipinski definition) is 2. The van der Waals surface area contributed by atoms with Crippen LogP contribution in [0, 0.1) is 0 Å². The molecule has 6 heteroatoms. The van der Waals surface area contributed by atoms with Gasteiger partial charge < -0.3 is 10.2 Å². The minimum absolute atomic E-state index is 0.152. The third kappa shape index (κ3) is 6.54. The highest BCUT2D eigenvalue weighted by molar-refractivity contribution is 6.31. The lowest BCUT2D eigenvalue weighted by Crippen LogP contribution is -2.48. The lowest BCUT2D eigenvalue weighted by Gasteiger charge is -2.29. The van der Waals surface area contributed by atoms with E-state index < -0.39 is 6.04 Å². The smallest absolute Gasteiger partial charge is 0.242 e. The van der Waals surface area contributed by atoms with E-state index in [1.165, 1.54) is 0 Å². The molecule has 0 radical (unpaired) electrons. The van der Waals surface area contributed by atoms with E-state index in [-0.39, 0.29) is 24.8 Å². The van der Waals surface area contributed by atoms with Gasteiger partial charge in [-0.2, -0.15) is 0 Å². The van der Waals surface area contributed by atoms with Crippen LogP contribution < -0.4 is 5.32 Å². The van der Waals surface area contributed by atoms with Gasteiger partial charge in [-0.3, -0.25) is 9.59 Å². The topological polar surface area (TPSA) is 49.4 Å². The fourth-order valence-electron chi connectivity index (χ4n) is 2.85. The minimum Gasteiger partial charge on any atom is -0.354 e. The molecule has 0 fully saturated rings. The molecule has 1 N–H and O–H groups in total. The van der Waals surface area contributed by atoms with Gasteiger partial charge in [0.15, 0.2) is 0 Å². The normalized spacial score (nSPS) is 11.7. The number of amides is 2. The molecule has 0 saturated heterocycles. The fourth-order valence-corrected chi connectivity index (χ4v) is 3.26. The largest absolute Gasteiger partial charge is 0.354 e. The lowest BCUT2D eigenvalue weighted by atomic mass is 10.1. The molecule has 28 heavy (non-hydrogen) atoms. The Balaban J connectivity index is 2.20. The number of carbonyl (C=O) groups is 2. The number of unbranched alkanes of at least 4 members (excludes halogenated alkanes) is 1. The molecule has 150 valence electrons. The molecule has 0 saturated carbocycles. The first-order valence-electron chi connectivity index (χ1n) is 9.47. The molecule has 2 amide bonds. The summed E-state index contributed by atoms with van der Waals surface area (Å²) in [6.45, 7) is 4.67. The quantitative estimate of drug-likeness (QED) is 0.588. The van der Waals surface area contributed by atoms with Crippen LogP contribution in [0.15, 0.2) is 48.5 Å². The molecular weight excluding hydrogens is 395 g/mol. The van der Waals surface area contributed by atoms with E-state index in [2.05, 4.69) is 12.2 Å². The van der Waals surface area contributed by atoms with E-state index in [0.29, 0.717) is 16.6 Å². The first-order valence-corrected chi connectivity index (χ1v) is 10.2. The Labute approximate surface area is 176 Å². The summed E-state index contributed by atoms with van der Waals surface area (Å²) in [5.41, 5.74) is 1.61. The highest BCUT2D eigenvalue weighted by Gasteiger charge is 2.26. The van der Waals surface area contributed by atoms with Crippen LogP contribution in [0.25, 0.3) is 0 Å². The maximum atomic E-state index is 13.1. The Hall–Kier alpha value is -2.04. The third-order valence-electron chi connectivity index (χ3n) is 4.54. The van der Waals surface area contributed by atoms with Crippen molar-refractivity contribution < 1.29 is 9.59 Å². The second-order valence-corrected chi connectivity index (χ2v) is 7.58. The van der Waals surface area contributed by atoms with Gasteiger partial charge in [0, 0.05) is 23.1 Å². The van der Waals surface area contributed by atoms with Crippen molar-refractivity contribution in [2.24, 2.45) is 0 Å². The van der Waals surface area contributed by atoms with Crippen LogP contribution in [-0.2, 0) is 22.6 Å². The summed E-state index contributed by atoms with van der Waals surface area (Å²) in [6.07, 6.45) is 2.06. The van der Waals surface area contributed by atoms with Crippen molar-refractivity contribution in [2.75, 3.05) is 6.54 Å². The Morgan fingerprint density at radius 2 is 1.86 bits per heavy atom. The van der Waals surface area contributed by atoms with Gasteiger partial charge in [0.2, 0.25) is 11.8 Å². The van der Waals surface area contributed by atoms with E-state index in [1.807, 2.05) is 30.3 Å². The number of hydrogen-bond donors (Lipinski definition) is 1. The van der Waals surface area contributed by atoms with Crippen LogP contribution >= 0.6 is 23.2 Å². The zero-order valence-corrected chi connectivity index (χ0v) is 17.8. The molecule has 0 heterocycles. The molecular formula is C22H26Cl2N2O2.